The van der Waals surface area contributed by atoms with Crippen LogP contribution in [0.3, 0.4) is 0 Å². The number of hydrogen-bond acceptors (Lipinski definition) is 3. The van der Waals surface area contributed by atoms with Crippen molar-refractivity contribution in [2.75, 3.05) is 6.54 Å². The van der Waals surface area contributed by atoms with E-state index in [0.717, 1.165) is 18.7 Å². The van der Waals surface area contributed by atoms with Crippen LogP contribution in [0, 0.1) is 6.92 Å². The predicted octanol–water partition coefficient (Wildman–Crippen LogP) is 2.99. The number of aryl methyl sites for hydroxylation is 1. The molecule has 2 rings (SSSR count). The van der Waals surface area contributed by atoms with Crippen molar-refractivity contribution in [3.63, 3.8) is 0 Å². The van der Waals surface area contributed by atoms with Crippen LogP contribution in [-0.2, 0) is 6.42 Å². The Kier molecular flexibility index (Phi) is 4.53. The van der Waals surface area contributed by atoms with Crippen LogP contribution in [0.5, 0.6) is 0 Å². The lowest BCUT2D eigenvalue weighted by atomic mass is 10.1. The molecule has 0 aliphatic heterocycles. The molecule has 3 heteroatoms. The van der Waals surface area contributed by atoms with E-state index >= 15 is 0 Å². The molecule has 19 heavy (non-hydrogen) atoms. The summed E-state index contributed by atoms with van der Waals surface area (Å²) in [5.41, 5.74) is 1.27. The van der Waals surface area contributed by atoms with E-state index in [0.29, 0.717) is 5.76 Å². The molecule has 1 unspecified atom stereocenters. The summed E-state index contributed by atoms with van der Waals surface area (Å²) < 4.78 is 5.34. The maximum absolute atomic E-state index is 12.0. The molecule has 0 radical (unpaired) electrons. The Morgan fingerprint density at radius 2 is 1.95 bits per heavy atom. The van der Waals surface area contributed by atoms with Crippen molar-refractivity contribution in [2.45, 2.75) is 26.3 Å². The Hall–Kier alpha value is -1.87. The van der Waals surface area contributed by atoms with Gasteiger partial charge in [0.1, 0.15) is 5.76 Å². The molecule has 3 nitrogen and oxygen atoms in total. The van der Waals surface area contributed by atoms with E-state index in [1.807, 2.05) is 38.1 Å². The molecule has 0 saturated heterocycles. The van der Waals surface area contributed by atoms with Crippen LogP contribution in [0.25, 0.3) is 0 Å². The lowest BCUT2D eigenvalue weighted by Gasteiger charge is -2.11. The zero-order chi connectivity index (χ0) is 13.7. The van der Waals surface area contributed by atoms with Gasteiger partial charge in [-0.1, -0.05) is 30.3 Å². The molecule has 0 amide bonds. The Bertz CT molecular complexity index is 531. The van der Waals surface area contributed by atoms with Gasteiger partial charge in [-0.15, -0.1) is 0 Å². The summed E-state index contributed by atoms with van der Waals surface area (Å²) in [7, 11) is 0. The summed E-state index contributed by atoms with van der Waals surface area (Å²) in [5.74, 6) is 1.19. The molecule has 0 bridgehead atoms. The number of benzene rings is 1. The minimum atomic E-state index is -0.228. The first kappa shape index (κ1) is 13.6. The smallest absolute Gasteiger partial charge is 0.214 e. The molecule has 0 fully saturated rings. The normalized spacial score (nSPS) is 12.3. The number of hydrogen-bond donors (Lipinski definition) is 1. The molecule has 1 aromatic heterocycles. The number of carbonyl (C=O) groups excluding carboxylic acids is 1. The molecule has 1 heterocycles. The van der Waals surface area contributed by atoms with Gasteiger partial charge in [-0.05, 0) is 44.5 Å². The Labute approximate surface area is 113 Å². The Balaban J connectivity index is 1.81. The Morgan fingerprint density at radius 1 is 1.21 bits per heavy atom. The molecule has 1 aromatic carbocycles. The number of Topliss-reactive ketones (excluding diaryl/α,β-unsaturated/α-hetero) is 1. The zero-order valence-electron chi connectivity index (χ0n) is 11.3. The number of rotatable bonds is 6. The highest BCUT2D eigenvalue weighted by Gasteiger charge is 2.17. The third-order valence-electron chi connectivity index (χ3n) is 3.08. The van der Waals surface area contributed by atoms with Crippen molar-refractivity contribution in [2.24, 2.45) is 0 Å². The van der Waals surface area contributed by atoms with Crippen LogP contribution in [0.2, 0.25) is 0 Å². The Morgan fingerprint density at radius 3 is 2.58 bits per heavy atom. The first-order chi connectivity index (χ1) is 9.16. The first-order valence-corrected chi connectivity index (χ1v) is 6.55. The van der Waals surface area contributed by atoms with E-state index in [-0.39, 0.29) is 11.8 Å². The molecule has 0 aliphatic carbocycles. The SMILES string of the molecule is Cc1ccc(C(=O)C(C)NCCc2ccccc2)o1. The van der Waals surface area contributed by atoms with Crippen LogP contribution in [-0.4, -0.2) is 18.4 Å². The maximum Gasteiger partial charge on any atom is 0.214 e. The van der Waals surface area contributed by atoms with Gasteiger partial charge < -0.3 is 9.73 Å². The molecule has 0 spiro atoms. The second kappa shape index (κ2) is 6.34. The van der Waals surface area contributed by atoms with E-state index < -0.39 is 0 Å². The quantitative estimate of drug-likeness (QED) is 0.809. The van der Waals surface area contributed by atoms with Gasteiger partial charge in [-0.2, -0.15) is 0 Å². The molecule has 1 N–H and O–H groups in total. The van der Waals surface area contributed by atoms with Crippen molar-refractivity contribution in [3.05, 3.63) is 59.5 Å². The average Bonchev–Trinajstić information content (AvgIpc) is 2.85. The molecule has 100 valence electrons. The zero-order valence-corrected chi connectivity index (χ0v) is 11.3. The largest absolute Gasteiger partial charge is 0.458 e. The minimum Gasteiger partial charge on any atom is -0.458 e. The van der Waals surface area contributed by atoms with Crippen LogP contribution < -0.4 is 5.32 Å². The monoisotopic (exact) mass is 257 g/mol. The fraction of sp³-hybridized carbons (Fsp3) is 0.312. The summed E-state index contributed by atoms with van der Waals surface area (Å²) in [6, 6.07) is 13.5. The van der Waals surface area contributed by atoms with Crippen LogP contribution in [0.1, 0.15) is 28.8 Å². The molecule has 2 aromatic rings. The molecule has 0 saturated carbocycles. The standard InChI is InChI=1S/C16H19NO2/c1-12-8-9-15(19-12)16(18)13(2)17-11-10-14-6-4-3-5-7-14/h3-9,13,17H,10-11H2,1-2H3. The molecular weight excluding hydrogens is 238 g/mol. The number of carbonyl (C=O) groups is 1. The summed E-state index contributed by atoms with van der Waals surface area (Å²) >= 11 is 0. The van der Waals surface area contributed by atoms with Gasteiger partial charge in [-0.3, -0.25) is 4.79 Å². The number of ketones is 1. The molecule has 1 atom stereocenters. The van der Waals surface area contributed by atoms with Gasteiger partial charge in [0.25, 0.3) is 0 Å². The summed E-state index contributed by atoms with van der Waals surface area (Å²) in [4.78, 5) is 12.0. The van der Waals surface area contributed by atoms with Gasteiger partial charge in [0.2, 0.25) is 5.78 Å². The van der Waals surface area contributed by atoms with Gasteiger partial charge in [-0.25, -0.2) is 0 Å². The third-order valence-corrected chi connectivity index (χ3v) is 3.08. The summed E-state index contributed by atoms with van der Waals surface area (Å²) in [6.45, 7) is 4.48. The number of furan rings is 1. The van der Waals surface area contributed by atoms with Gasteiger partial charge in [0.05, 0.1) is 6.04 Å². The van der Waals surface area contributed by atoms with Gasteiger partial charge in [0.15, 0.2) is 5.76 Å². The minimum absolute atomic E-state index is 0.00108. The van der Waals surface area contributed by atoms with Gasteiger partial charge >= 0.3 is 0 Å². The topological polar surface area (TPSA) is 42.2 Å². The second-order valence-corrected chi connectivity index (χ2v) is 4.69. The van der Waals surface area contributed by atoms with E-state index in [1.54, 1.807) is 6.07 Å². The highest BCUT2D eigenvalue weighted by Crippen LogP contribution is 2.09. The first-order valence-electron chi connectivity index (χ1n) is 6.55. The number of nitrogens with one attached hydrogen (secondary N) is 1. The van der Waals surface area contributed by atoms with Crippen LogP contribution in [0.4, 0.5) is 0 Å². The fourth-order valence-electron chi connectivity index (χ4n) is 1.95. The van der Waals surface area contributed by atoms with Crippen LogP contribution in [0.15, 0.2) is 46.9 Å². The van der Waals surface area contributed by atoms with Crippen LogP contribution >= 0.6 is 0 Å². The molecule has 0 aliphatic rings. The second-order valence-electron chi connectivity index (χ2n) is 4.69. The van der Waals surface area contributed by atoms with Crippen molar-refractivity contribution >= 4 is 5.78 Å². The maximum atomic E-state index is 12.0. The lowest BCUT2D eigenvalue weighted by Crippen LogP contribution is -2.35. The lowest BCUT2D eigenvalue weighted by molar-refractivity contribution is 0.0922. The van der Waals surface area contributed by atoms with Crippen molar-refractivity contribution in [1.29, 1.82) is 0 Å². The van der Waals surface area contributed by atoms with E-state index in [1.165, 1.54) is 5.56 Å². The highest BCUT2D eigenvalue weighted by molar-refractivity contribution is 5.97. The highest BCUT2D eigenvalue weighted by atomic mass is 16.3. The van der Waals surface area contributed by atoms with Crippen molar-refractivity contribution < 1.29 is 9.21 Å². The fourth-order valence-corrected chi connectivity index (χ4v) is 1.95. The van der Waals surface area contributed by atoms with E-state index in [9.17, 15) is 4.79 Å². The van der Waals surface area contributed by atoms with Crippen molar-refractivity contribution in [1.82, 2.24) is 5.32 Å². The van der Waals surface area contributed by atoms with E-state index in [4.69, 9.17) is 4.42 Å². The predicted molar refractivity (Wildman–Crippen MR) is 75.4 cm³/mol. The van der Waals surface area contributed by atoms with Crippen molar-refractivity contribution in [3.8, 4) is 0 Å². The third kappa shape index (κ3) is 3.80. The average molecular weight is 257 g/mol. The van der Waals surface area contributed by atoms with Gasteiger partial charge in [0, 0.05) is 0 Å². The summed E-state index contributed by atoms with van der Waals surface area (Å²) in [6.07, 6.45) is 0.912. The molecular formula is C16H19NO2. The van der Waals surface area contributed by atoms with E-state index in [2.05, 4.69) is 17.4 Å². The summed E-state index contributed by atoms with van der Waals surface area (Å²) in [5, 5.41) is 3.23.